The van der Waals surface area contributed by atoms with Crippen LogP contribution in [0.3, 0.4) is 0 Å². The van der Waals surface area contributed by atoms with Gasteiger partial charge in [0.15, 0.2) is 0 Å². The molecule has 8 nitrogen and oxygen atoms in total. The monoisotopic (exact) mass is 573 g/mol. The number of piperidine rings is 1. The van der Waals surface area contributed by atoms with Crippen molar-refractivity contribution in [3.63, 3.8) is 0 Å². The summed E-state index contributed by atoms with van der Waals surface area (Å²) >= 11 is 0. The maximum atomic E-state index is 13.1. The third-order valence-electron chi connectivity index (χ3n) is 7.52. The molecule has 12 heteroatoms. The Balaban J connectivity index is 1.36. The normalized spacial score (nSPS) is 15.8. The molecule has 0 amide bonds. The molecule has 40 heavy (non-hydrogen) atoms. The number of fused-ring (bicyclic) bond motifs is 3. The number of nitrogens with zero attached hydrogens (tertiary/aromatic N) is 4. The first-order chi connectivity index (χ1) is 18.9. The van der Waals surface area contributed by atoms with Crippen molar-refractivity contribution < 1.29 is 17.9 Å². The van der Waals surface area contributed by atoms with Crippen LogP contribution < -0.4 is 11.2 Å². The molecule has 1 aliphatic heterocycles. The zero-order valence-electron chi connectivity index (χ0n) is 22.9. The number of hydrogen-bond donors (Lipinski definition) is 1. The predicted octanol–water partition coefficient (Wildman–Crippen LogP) is 5.21. The van der Waals surface area contributed by atoms with E-state index in [-0.39, 0.29) is 6.04 Å². The van der Waals surface area contributed by atoms with E-state index in [1.165, 1.54) is 18.3 Å². The Hall–Kier alpha value is -3.22. The molecule has 0 bridgehead atoms. The van der Waals surface area contributed by atoms with Crippen molar-refractivity contribution in [2.75, 3.05) is 19.7 Å². The van der Waals surface area contributed by atoms with E-state index in [2.05, 4.69) is 34.5 Å². The van der Waals surface area contributed by atoms with E-state index >= 15 is 0 Å². The van der Waals surface area contributed by atoms with Crippen molar-refractivity contribution in [2.24, 2.45) is 0 Å². The molecule has 1 fully saturated rings. The minimum atomic E-state index is -4.35. The second-order valence-corrected chi connectivity index (χ2v) is 17.3. The summed E-state index contributed by atoms with van der Waals surface area (Å²) in [5, 5.41) is 1.08. The average Bonchev–Trinajstić information content (AvgIpc) is 3.30. The molecule has 4 aromatic rings. The van der Waals surface area contributed by atoms with Gasteiger partial charge in [0.1, 0.15) is 12.4 Å². The topological polar surface area (TPSA) is 85.1 Å². The van der Waals surface area contributed by atoms with Crippen LogP contribution >= 0.6 is 0 Å². The zero-order chi connectivity index (χ0) is 28.7. The van der Waals surface area contributed by atoms with E-state index < -0.39 is 31.1 Å². The number of ether oxygens (including phenoxy) is 1. The third kappa shape index (κ3) is 6.08. The second kappa shape index (κ2) is 11.0. The second-order valence-electron chi connectivity index (χ2n) is 11.7. The average molecular weight is 574 g/mol. The lowest BCUT2D eigenvalue weighted by Gasteiger charge is -2.33. The fraction of sp³-hybridized carbons (Fsp3) is 0.464. The number of pyridine rings is 1. The molecular formula is C28H34F3N5O3Si. The standard InChI is InChI=1S/C28H34F3N5O3Si/c1-40(2,3)15-14-39-18-35-13-10-22-24-23(16-32-25(22)35)26(37)33-27(38)36(24)21-8-11-34(12-9-21)17-19-4-6-20(7-5-19)28(29,30)31/h4-7,10,13,16,21H,8-9,11-12,14-15,17-18H2,1-3H3,(H,33,37,38). The van der Waals surface area contributed by atoms with Gasteiger partial charge < -0.3 is 9.30 Å². The van der Waals surface area contributed by atoms with Crippen LogP contribution in [0.1, 0.15) is 30.0 Å². The van der Waals surface area contributed by atoms with Crippen LogP contribution in [0.5, 0.6) is 0 Å². The first kappa shape index (κ1) is 28.3. The largest absolute Gasteiger partial charge is 0.416 e. The number of rotatable bonds is 8. The van der Waals surface area contributed by atoms with Crippen LogP contribution in [-0.4, -0.2) is 51.8 Å². The van der Waals surface area contributed by atoms with E-state index in [0.29, 0.717) is 62.4 Å². The lowest BCUT2D eigenvalue weighted by atomic mass is 10.0. The van der Waals surface area contributed by atoms with E-state index in [0.717, 1.165) is 29.1 Å². The first-order valence-electron chi connectivity index (χ1n) is 13.5. The number of hydrogen-bond acceptors (Lipinski definition) is 5. The van der Waals surface area contributed by atoms with Crippen LogP contribution in [-0.2, 0) is 24.2 Å². The number of nitrogens with one attached hydrogen (secondary N) is 1. The van der Waals surface area contributed by atoms with Crippen molar-refractivity contribution >= 4 is 30.0 Å². The molecule has 0 saturated carbocycles. The van der Waals surface area contributed by atoms with Crippen molar-refractivity contribution in [2.45, 2.75) is 64.0 Å². The molecule has 1 saturated heterocycles. The maximum absolute atomic E-state index is 13.1. The van der Waals surface area contributed by atoms with Gasteiger partial charge in [0, 0.05) is 58.1 Å². The molecule has 1 aromatic carbocycles. The van der Waals surface area contributed by atoms with Gasteiger partial charge in [-0.3, -0.25) is 19.2 Å². The summed E-state index contributed by atoms with van der Waals surface area (Å²) in [4.78, 5) is 35.0. The van der Waals surface area contributed by atoms with Gasteiger partial charge in [0.25, 0.3) is 5.56 Å². The van der Waals surface area contributed by atoms with Crippen molar-refractivity contribution in [3.8, 4) is 0 Å². The molecule has 5 rings (SSSR count). The minimum absolute atomic E-state index is 0.141. The van der Waals surface area contributed by atoms with Gasteiger partial charge in [0.05, 0.1) is 16.5 Å². The number of likely N-dealkylation sites (tertiary alicyclic amines) is 1. The Morgan fingerprint density at radius 1 is 1.05 bits per heavy atom. The number of aromatic nitrogens is 4. The fourth-order valence-electron chi connectivity index (χ4n) is 5.26. The molecule has 4 heterocycles. The fourth-order valence-corrected chi connectivity index (χ4v) is 6.02. The summed E-state index contributed by atoms with van der Waals surface area (Å²) in [5.74, 6) is 0. The van der Waals surface area contributed by atoms with Crippen LogP contribution in [0.2, 0.25) is 25.7 Å². The molecule has 0 spiro atoms. The van der Waals surface area contributed by atoms with E-state index in [1.807, 2.05) is 16.8 Å². The van der Waals surface area contributed by atoms with Gasteiger partial charge in [-0.25, -0.2) is 9.78 Å². The summed E-state index contributed by atoms with van der Waals surface area (Å²) in [6.45, 7) is 9.75. The number of benzene rings is 1. The number of alkyl halides is 3. The van der Waals surface area contributed by atoms with Crippen LogP contribution in [0.25, 0.3) is 21.9 Å². The van der Waals surface area contributed by atoms with Gasteiger partial charge in [-0.2, -0.15) is 13.2 Å². The highest BCUT2D eigenvalue weighted by molar-refractivity contribution is 6.76. The minimum Gasteiger partial charge on any atom is -0.361 e. The summed E-state index contributed by atoms with van der Waals surface area (Å²) < 4.78 is 48.2. The smallest absolute Gasteiger partial charge is 0.361 e. The molecule has 0 radical (unpaired) electrons. The molecule has 1 N–H and O–H groups in total. The molecule has 0 atom stereocenters. The molecule has 0 unspecified atom stereocenters. The predicted molar refractivity (Wildman–Crippen MR) is 151 cm³/mol. The Morgan fingerprint density at radius 2 is 1.75 bits per heavy atom. The van der Waals surface area contributed by atoms with Crippen molar-refractivity contribution in [1.82, 2.24) is 24.0 Å². The van der Waals surface area contributed by atoms with Gasteiger partial charge in [-0.1, -0.05) is 31.8 Å². The highest BCUT2D eigenvalue weighted by Gasteiger charge is 2.30. The van der Waals surface area contributed by atoms with E-state index in [1.54, 1.807) is 4.57 Å². The van der Waals surface area contributed by atoms with Crippen molar-refractivity contribution in [1.29, 1.82) is 0 Å². The third-order valence-corrected chi connectivity index (χ3v) is 9.23. The maximum Gasteiger partial charge on any atom is 0.416 e. The molecule has 214 valence electrons. The summed E-state index contributed by atoms with van der Waals surface area (Å²) in [5.41, 5.74) is 0.445. The van der Waals surface area contributed by atoms with Gasteiger partial charge in [-0.05, 0) is 42.6 Å². The van der Waals surface area contributed by atoms with Crippen LogP contribution in [0, 0.1) is 0 Å². The lowest BCUT2D eigenvalue weighted by Crippen LogP contribution is -2.39. The molecule has 0 aliphatic carbocycles. The van der Waals surface area contributed by atoms with Gasteiger partial charge >= 0.3 is 11.9 Å². The van der Waals surface area contributed by atoms with Gasteiger partial charge in [0.2, 0.25) is 0 Å². The van der Waals surface area contributed by atoms with Crippen LogP contribution in [0.4, 0.5) is 13.2 Å². The van der Waals surface area contributed by atoms with E-state index in [4.69, 9.17) is 4.74 Å². The van der Waals surface area contributed by atoms with Crippen LogP contribution in [0.15, 0.2) is 52.3 Å². The van der Waals surface area contributed by atoms with Crippen molar-refractivity contribution in [3.05, 3.63) is 74.7 Å². The summed E-state index contributed by atoms with van der Waals surface area (Å²) in [7, 11) is -1.22. The highest BCUT2D eigenvalue weighted by Crippen LogP contribution is 2.31. The zero-order valence-corrected chi connectivity index (χ0v) is 23.9. The summed E-state index contributed by atoms with van der Waals surface area (Å²) in [6.07, 6.45) is 0.350. The summed E-state index contributed by atoms with van der Waals surface area (Å²) in [6, 6.07) is 8.03. The first-order valence-corrected chi connectivity index (χ1v) is 17.2. The number of aromatic amines is 1. The Labute approximate surface area is 230 Å². The quantitative estimate of drug-likeness (QED) is 0.231. The number of H-pyrrole nitrogens is 1. The molecule has 1 aliphatic rings. The number of halogens is 3. The molecule has 3 aromatic heterocycles. The SMILES string of the molecule is C[Si](C)(C)CCOCn1ccc2c1ncc1c(=O)[nH]c(=O)n(C3CCN(Cc4ccc(C(F)(F)F)cc4)CC3)c12. The van der Waals surface area contributed by atoms with E-state index in [9.17, 15) is 22.8 Å². The molecular weight excluding hydrogens is 539 g/mol. The Kier molecular flexibility index (Phi) is 7.77. The highest BCUT2D eigenvalue weighted by atomic mass is 28.3. The Morgan fingerprint density at radius 3 is 2.40 bits per heavy atom. The lowest BCUT2D eigenvalue weighted by molar-refractivity contribution is -0.137. The Bertz CT molecular complexity index is 1610. The van der Waals surface area contributed by atoms with Gasteiger partial charge in [-0.15, -0.1) is 0 Å².